The van der Waals surface area contributed by atoms with Gasteiger partial charge in [0.15, 0.2) is 0 Å². The summed E-state index contributed by atoms with van der Waals surface area (Å²) in [5.41, 5.74) is 6.04. The third-order valence-corrected chi connectivity index (χ3v) is 2.18. The Kier molecular flexibility index (Phi) is 2.76. The highest BCUT2D eigenvalue weighted by atomic mass is 19.1. The monoisotopic (exact) mass is 222 g/mol. The zero-order valence-electron chi connectivity index (χ0n) is 8.74. The topological polar surface area (TPSA) is 61.3 Å². The zero-order valence-corrected chi connectivity index (χ0v) is 8.74. The van der Waals surface area contributed by atoms with Crippen LogP contribution in [0.25, 0.3) is 0 Å². The van der Waals surface area contributed by atoms with Crippen molar-refractivity contribution >= 4 is 6.01 Å². The number of nitrogen functional groups attached to an aromatic ring is 1. The molecular formula is C11H11FN2O2. The van der Waals surface area contributed by atoms with Crippen LogP contribution in [0.5, 0.6) is 5.75 Å². The summed E-state index contributed by atoms with van der Waals surface area (Å²) in [4.78, 5) is 3.77. The Morgan fingerprint density at radius 1 is 1.50 bits per heavy atom. The van der Waals surface area contributed by atoms with Crippen molar-refractivity contribution in [1.82, 2.24) is 4.98 Å². The average Bonchev–Trinajstić information content (AvgIpc) is 2.64. The third-order valence-electron chi connectivity index (χ3n) is 2.18. The maximum absolute atomic E-state index is 13.1. The average molecular weight is 222 g/mol. The number of nitrogens with two attached hydrogens (primary N) is 1. The predicted molar refractivity (Wildman–Crippen MR) is 56.7 cm³/mol. The number of benzene rings is 1. The minimum Gasteiger partial charge on any atom is -0.496 e. The van der Waals surface area contributed by atoms with E-state index in [2.05, 4.69) is 4.98 Å². The highest BCUT2D eigenvalue weighted by Gasteiger charge is 2.08. The molecule has 0 fully saturated rings. The number of anilines is 1. The van der Waals surface area contributed by atoms with Crippen LogP contribution in [-0.2, 0) is 6.42 Å². The third kappa shape index (κ3) is 2.13. The molecule has 0 amide bonds. The van der Waals surface area contributed by atoms with Crippen LogP contribution in [0.3, 0.4) is 0 Å². The SMILES string of the molecule is COc1ccc(F)cc1Cc1cnc(N)o1. The van der Waals surface area contributed by atoms with E-state index in [4.69, 9.17) is 14.9 Å². The number of oxazole rings is 1. The second kappa shape index (κ2) is 4.22. The summed E-state index contributed by atoms with van der Waals surface area (Å²) < 4.78 is 23.3. The van der Waals surface area contributed by atoms with Gasteiger partial charge in [0.1, 0.15) is 17.3 Å². The zero-order chi connectivity index (χ0) is 11.5. The van der Waals surface area contributed by atoms with Gasteiger partial charge >= 0.3 is 0 Å². The highest BCUT2D eigenvalue weighted by Crippen LogP contribution is 2.22. The van der Waals surface area contributed by atoms with Gasteiger partial charge < -0.3 is 14.9 Å². The first-order valence-corrected chi connectivity index (χ1v) is 4.71. The number of ether oxygens (including phenoxy) is 1. The van der Waals surface area contributed by atoms with Crippen LogP contribution in [0, 0.1) is 5.82 Å². The molecule has 0 bridgehead atoms. The van der Waals surface area contributed by atoms with Gasteiger partial charge in [0.05, 0.1) is 13.3 Å². The van der Waals surface area contributed by atoms with Crippen molar-refractivity contribution in [1.29, 1.82) is 0 Å². The summed E-state index contributed by atoms with van der Waals surface area (Å²) in [6, 6.07) is 4.42. The van der Waals surface area contributed by atoms with Gasteiger partial charge in [-0.2, -0.15) is 0 Å². The van der Waals surface area contributed by atoms with Crippen LogP contribution in [0.1, 0.15) is 11.3 Å². The lowest BCUT2D eigenvalue weighted by Crippen LogP contribution is -1.94. The summed E-state index contributed by atoms with van der Waals surface area (Å²) in [7, 11) is 1.53. The van der Waals surface area contributed by atoms with Gasteiger partial charge in [0.2, 0.25) is 0 Å². The Hall–Kier alpha value is -2.04. The van der Waals surface area contributed by atoms with Crippen molar-refractivity contribution in [2.75, 3.05) is 12.8 Å². The molecule has 2 rings (SSSR count). The van der Waals surface area contributed by atoms with Crippen molar-refractivity contribution in [3.05, 3.63) is 41.5 Å². The van der Waals surface area contributed by atoms with E-state index in [1.807, 2.05) is 0 Å². The largest absolute Gasteiger partial charge is 0.496 e. The molecule has 4 nitrogen and oxygen atoms in total. The van der Waals surface area contributed by atoms with Crippen LogP contribution in [0.2, 0.25) is 0 Å². The molecule has 16 heavy (non-hydrogen) atoms. The summed E-state index contributed by atoms with van der Waals surface area (Å²) in [6.07, 6.45) is 1.91. The molecule has 1 aromatic heterocycles. The molecule has 2 aromatic rings. The Labute approximate surface area is 91.9 Å². The second-order valence-corrected chi connectivity index (χ2v) is 3.30. The molecule has 84 valence electrons. The van der Waals surface area contributed by atoms with Crippen LogP contribution < -0.4 is 10.5 Å². The van der Waals surface area contributed by atoms with Gasteiger partial charge in [0, 0.05) is 12.0 Å². The molecule has 0 aliphatic heterocycles. The number of nitrogens with zero attached hydrogens (tertiary/aromatic N) is 1. The minimum atomic E-state index is -0.316. The van der Waals surface area contributed by atoms with E-state index in [9.17, 15) is 4.39 Å². The van der Waals surface area contributed by atoms with Crippen LogP contribution in [0.15, 0.2) is 28.8 Å². The van der Waals surface area contributed by atoms with E-state index in [1.54, 1.807) is 6.07 Å². The second-order valence-electron chi connectivity index (χ2n) is 3.30. The summed E-state index contributed by atoms with van der Waals surface area (Å²) in [6.45, 7) is 0. The van der Waals surface area contributed by atoms with E-state index < -0.39 is 0 Å². The van der Waals surface area contributed by atoms with Gasteiger partial charge in [-0.05, 0) is 18.2 Å². The fourth-order valence-corrected chi connectivity index (χ4v) is 1.48. The molecule has 0 unspecified atom stereocenters. The molecule has 0 atom stereocenters. The Morgan fingerprint density at radius 2 is 2.31 bits per heavy atom. The van der Waals surface area contributed by atoms with Crippen molar-refractivity contribution < 1.29 is 13.5 Å². The maximum Gasteiger partial charge on any atom is 0.292 e. The molecule has 0 aliphatic carbocycles. The van der Waals surface area contributed by atoms with Crippen molar-refractivity contribution in [3.63, 3.8) is 0 Å². The molecule has 0 saturated heterocycles. The van der Waals surface area contributed by atoms with Crippen molar-refractivity contribution in [3.8, 4) is 5.75 Å². The predicted octanol–water partition coefficient (Wildman–Crippen LogP) is 2.00. The first-order valence-electron chi connectivity index (χ1n) is 4.71. The minimum absolute atomic E-state index is 0.102. The summed E-state index contributed by atoms with van der Waals surface area (Å²) >= 11 is 0. The molecule has 1 heterocycles. The molecule has 0 saturated carbocycles. The normalized spacial score (nSPS) is 10.4. The Balaban J connectivity index is 2.29. The van der Waals surface area contributed by atoms with Gasteiger partial charge in [-0.3, -0.25) is 0 Å². The number of rotatable bonds is 3. The van der Waals surface area contributed by atoms with E-state index >= 15 is 0 Å². The van der Waals surface area contributed by atoms with Crippen LogP contribution >= 0.6 is 0 Å². The first kappa shape index (κ1) is 10.5. The number of hydrogen-bond donors (Lipinski definition) is 1. The molecule has 0 aliphatic rings. The Morgan fingerprint density at radius 3 is 2.94 bits per heavy atom. The van der Waals surface area contributed by atoms with Gasteiger partial charge in [-0.15, -0.1) is 0 Å². The van der Waals surface area contributed by atoms with Crippen molar-refractivity contribution in [2.45, 2.75) is 6.42 Å². The maximum atomic E-state index is 13.1. The molecule has 5 heteroatoms. The van der Waals surface area contributed by atoms with E-state index in [1.165, 1.54) is 25.4 Å². The smallest absolute Gasteiger partial charge is 0.292 e. The first-order chi connectivity index (χ1) is 7.69. The van der Waals surface area contributed by atoms with E-state index in [0.717, 1.165) is 0 Å². The lowest BCUT2D eigenvalue weighted by Gasteiger charge is -2.06. The standard InChI is InChI=1S/C11H11FN2O2/c1-15-10-3-2-8(12)4-7(10)5-9-6-14-11(13)16-9/h2-4,6H,5H2,1H3,(H2,13,14). The van der Waals surface area contributed by atoms with Gasteiger partial charge in [-0.1, -0.05) is 0 Å². The van der Waals surface area contributed by atoms with Crippen molar-refractivity contribution in [2.24, 2.45) is 0 Å². The van der Waals surface area contributed by atoms with Crippen LogP contribution in [-0.4, -0.2) is 12.1 Å². The highest BCUT2D eigenvalue weighted by molar-refractivity contribution is 5.36. The Bertz CT molecular complexity index is 496. The lowest BCUT2D eigenvalue weighted by molar-refractivity contribution is 0.407. The molecule has 0 radical (unpaired) electrons. The molecule has 0 spiro atoms. The lowest BCUT2D eigenvalue weighted by atomic mass is 10.1. The summed E-state index contributed by atoms with van der Waals surface area (Å²) in [5, 5.41) is 0. The quantitative estimate of drug-likeness (QED) is 0.862. The van der Waals surface area contributed by atoms with Crippen LogP contribution in [0.4, 0.5) is 10.4 Å². The number of aromatic nitrogens is 1. The van der Waals surface area contributed by atoms with E-state index in [0.29, 0.717) is 23.5 Å². The van der Waals surface area contributed by atoms with Gasteiger partial charge in [-0.25, -0.2) is 9.37 Å². The number of hydrogen-bond acceptors (Lipinski definition) is 4. The fourth-order valence-electron chi connectivity index (χ4n) is 1.48. The number of halogens is 1. The molecule has 2 N–H and O–H groups in total. The molecule has 1 aromatic carbocycles. The van der Waals surface area contributed by atoms with E-state index in [-0.39, 0.29) is 11.8 Å². The number of methoxy groups -OCH3 is 1. The summed E-state index contributed by atoms with van der Waals surface area (Å²) in [5.74, 6) is 0.862. The molecular weight excluding hydrogens is 211 g/mol. The van der Waals surface area contributed by atoms with Gasteiger partial charge in [0.25, 0.3) is 6.01 Å². The fraction of sp³-hybridized carbons (Fsp3) is 0.182.